The molecule has 0 aliphatic heterocycles. The molecular weight excluding hydrogens is 292 g/mol. The summed E-state index contributed by atoms with van der Waals surface area (Å²) in [7, 11) is 3.38. The Morgan fingerprint density at radius 1 is 1.43 bits per heavy atom. The molecule has 2 atom stereocenters. The third-order valence-corrected chi connectivity index (χ3v) is 4.38. The van der Waals surface area contributed by atoms with Crippen molar-refractivity contribution in [1.29, 1.82) is 5.26 Å². The molecule has 1 heterocycles. The van der Waals surface area contributed by atoms with E-state index < -0.39 is 17.5 Å². The van der Waals surface area contributed by atoms with E-state index in [-0.39, 0.29) is 0 Å². The molecule has 1 aliphatic carbocycles. The first-order chi connectivity index (χ1) is 11.0. The summed E-state index contributed by atoms with van der Waals surface area (Å²) in [6.07, 6.45) is 8.72. The van der Waals surface area contributed by atoms with E-state index in [4.69, 9.17) is 4.74 Å². The van der Waals surface area contributed by atoms with Crippen molar-refractivity contribution in [1.82, 2.24) is 4.57 Å². The molecule has 0 radical (unpaired) electrons. The normalized spacial score (nSPS) is 23.1. The summed E-state index contributed by atoms with van der Waals surface area (Å²) in [5.41, 5.74) is 0.871. The highest BCUT2D eigenvalue weighted by atomic mass is 16.5. The number of benzene rings is 1. The van der Waals surface area contributed by atoms with Gasteiger partial charge in [0, 0.05) is 31.3 Å². The first kappa shape index (κ1) is 15.1. The zero-order valence-electron chi connectivity index (χ0n) is 12.9. The van der Waals surface area contributed by atoms with Crippen LogP contribution < -0.4 is 0 Å². The molecule has 0 saturated heterocycles. The lowest BCUT2D eigenvalue weighted by Crippen LogP contribution is -2.40. The second kappa shape index (κ2) is 5.41. The van der Waals surface area contributed by atoms with Crippen LogP contribution in [0.3, 0.4) is 0 Å². The Bertz CT molecular complexity index is 886. The van der Waals surface area contributed by atoms with Gasteiger partial charge in [-0.25, -0.2) is 0 Å². The third-order valence-electron chi connectivity index (χ3n) is 4.38. The van der Waals surface area contributed by atoms with Crippen molar-refractivity contribution in [3.63, 3.8) is 0 Å². The highest BCUT2D eigenvalue weighted by Gasteiger charge is 2.44. The zero-order valence-corrected chi connectivity index (χ0v) is 12.9. The summed E-state index contributed by atoms with van der Waals surface area (Å²) in [5, 5.41) is 19.8. The highest BCUT2D eigenvalue weighted by molar-refractivity contribution is 5.88. The topological polar surface area (TPSA) is 75.2 Å². The summed E-state index contributed by atoms with van der Waals surface area (Å²) in [4.78, 5) is 11.8. The average Bonchev–Trinajstić information content (AvgIpc) is 2.94. The molecule has 0 amide bonds. The predicted octanol–water partition coefficient (Wildman–Crippen LogP) is 2.72. The molecule has 116 valence electrons. The van der Waals surface area contributed by atoms with Crippen LogP contribution in [0.25, 0.3) is 10.9 Å². The number of hydrogen-bond donors (Lipinski definition) is 1. The number of nitrogens with zero attached hydrogens (tertiary/aromatic N) is 2. The Morgan fingerprint density at radius 2 is 2.22 bits per heavy atom. The first-order valence-corrected chi connectivity index (χ1v) is 7.17. The van der Waals surface area contributed by atoms with Crippen molar-refractivity contribution in [2.45, 2.75) is 5.60 Å². The first-order valence-electron chi connectivity index (χ1n) is 7.17. The smallest absolute Gasteiger partial charge is 0.314 e. The Balaban J connectivity index is 2.37. The second-order valence-electron chi connectivity index (χ2n) is 5.55. The fourth-order valence-electron chi connectivity index (χ4n) is 3.21. The van der Waals surface area contributed by atoms with Crippen LogP contribution in [0.1, 0.15) is 11.1 Å². The quantitative estimate of drug-likeness (QED) is 0.946. The van der Waals surface area contributed by atoms with Crippen molar-refractivity contribution in [3.8, 4) is 6.07 Å². The number of carbonyl (C=O) groups is 1. The average molecular weight is 308 g/mol. The van der Waals surface area contributed by atoms with E-state index in [1.807, 2.05) is 23.9 Å². The lowest BCUT2D eigenvalue weighted by atomic mass is 9.76. The fourth-order valence-corrected chi connectivity index (χ4v) is 3.21. The van der Waals surface area contributed by atoms with Gasteiger partial charge in [-0.1, -0.05) is 18.2 Å². The molecule has 5 heteroatoms. The number of hydrogen-bond acceptors (Lipinski definition) is 3. The van der Waals surface area contributed by atoms with Gasteiger partial charge in [0.2, 0.25) is 0 Å². The number of aromatic nitrogens is 1. The number of fused-ring (bicyclic) bond motifs is 1. The number of carboxylic acid groups (broad SMARTS) is 1. The van der Waals surface area contributed by atoms with Gasteiger partial charge in [-0.15, -0.1) is 0 Å². The Kier molecular flexibility index (Phi) is 3.55. The highest BCUT2D eigenvalue weighted by Crippen LogP contribution is 2.42. The van der Waals surface area contributed by atoms with Crippen LogP contribution in [0.4, 0.5) is 0 Å². The summed E-state index contributed by atoms with van der Waals surface area (Å²) in [6, 6.07) is 7.56. The van der Waals surface area contributed by atoms with Crippen molar-refractivity contribution in [2.24, 2.45) is 13.0 Å². The van der Waals surface area contributed by atoms with Crippen molar-refractivity contribution < 1.29 is 14.6 Å². The summed E-state index contributed by atoms with van der Waals surface area (Å²) in [6.45, 7) is 0. The van der Waals surface area contributed by atoms with Crippen LogP contribution in [-0.2, 0) is 22.2 Å². The standard InChI is InChI=1S/C18H16N2O3/c1-20-8-6-13-15(9-12(11-19)10-16(13)20)18(23-2)7-4-3-5-14(18)17(21)22/h3-10,14H,1-2H3,(H,21,22). The monoisotopic (exact) mass is 308 g/mol. The fraction of sp³-hybridized carbons (Fsp3) is 0.222. The number of ether oxygens (including phenoxy) is 1. The predicted molar refractivity (Wildman–Crippen MR) is 85.7 cm³/mol. The summed E-state index contributed by atoms with van der Waals surface area (Å²) < 4.78 is 7.62. The maximum absolute atomic E-state index is 11.8. The number of allylic oxidation sites excluding steroid dienone is 2. The van der Waals surface area contributed by atoms with E-state index in [1.54, 1.807) is 36.4 Å². The molecule has 3 rings (SSSR count). The molecule has 0 bridgehead atoms. The number of carboxylic acids is 1. The largest absolute Gasteiger partial charge is 0.481 e. The maximum Gasteiger partial charge on any atom is 0.314 e. The summed E-state index contributed by atoms with van der Waals surface area (Å²) in [5.74, 6) is -1.84. The van der Waals surface area contributed by atoms with Crippen LogP contribution in [-0.4, -0.2) is 22.8 Å². The Morgan fingerprint density at radius 3 is 2.87 bits per heavy atom. The molecule has 1 aromatic carbocycles. The van der Waals surface area contributed by atoms with Crippen LogP contribution >= 0.6 is 0 Å². The van der Waals surface area contributed by atoms with Gasteiger partial charge >= 0.3 is 5.97 Å². The molecule has 1 aromatic heterocycles. The molecule has 1 N–H and O–H groups in total. The van der Waals surface area contributed by atoms with Gasteiger partial charge < -0.3 is 14.4 Å². The molecule has 0 spiro atoms. The van der Waals surface area contributed by atoms with E-state index in [0.717, 1.165) is 10.9 Å². The molecule has 0 fully saturated rings. The summed E-state index contributed by atoms with van der Waals surface area (Å²) >= 11 is 0. The molecule has 5 nitrogen and oxygen atoms in total. The minimum atomic E-state index is -1.15. The van der Waals surface area contributed by atoms with E-state index in [0.29, 0.717) is 11.1 Å². The van der Waals surface area contributed by atoms with E-state index >= 15 is 0 Å². The van der Waals surface area contributed by atoms with E-state index in [1.165, 1.54) is 7.11 Å². The van der Waals surface area contributed by atoms with E-state index in [2.05, 4.69) is 6.07 Å². The van der Waals surface area contributed by atoms with Crippen LogP contribution in [0, 0.1) is 17.2 Å². The Hall–Kier alpha value is -2.84. The number of nitriles is 1. The number of aliphatic carboxylic acids is 1. The molecule has 2 aromatic rings. The van der Waals surface area contributed by atoms with Crippen molar-refractivity contribution >= 4 is 16.9 Å². The molecule has 2 unspecified atom stereocenters. The molecule has 1 aliphatic rings. The van der Waals surface area contributed by atoms with Crippen molar-refractivity contribution in [3.05, 3.63) is 59.8 Å². The Labute approximate surface area is 133 Å². The lowest BCUT2D eigenvalue weighted by Gasteiger charge is -2.36. The lowest BCUT2D eigenvalue weighted by molar-refractivity contribution is -0.148. The van der Waals surface area contributed by atoms with Gasteiger partial charge in [0.15, 0.2) is 0 Å². The van der Waals surface area contributed by atoms with Gasteiger partial charge in [0.05, 0.1) is 11.6 Å². The minimum Gasteiger partial charge on any atom is -0.481 e. The van der Waals surface area contributed by atoms with Crippen LogP contribution in [0.2, 0.25) is 0 Å². The van der Waals surface area contributed by atoms with Crippen LogP contribution in [0.5, 0.6) is 0 Å². The van der Waals surface area contributed by atoms with Crippen LogP contribution in [0.15, 0.2) is 48.7 Å². The second-order valence-corrected chi connectivity index (χ2v) is 5.55. The van der Waals surface area contributed by atoms with E-state index in [9.17, 15) is 15.2 Å². The number of rotatable bonds is 3. The third kappa shape index (κ3) is 2.16. The van der Waals surface area contributed by atoms with Gasteiger partial charge in [-0.2, -0.15) is 5.26 Å². The molecule has 0 saturated carbocycles. The van der Waals surface area contributed by atoms with Gasteiger partial charge in [0.25, 0.3) is 0 Å². The zero-order chi connectivity index (χ0) is 16.6. The van der Waals surface area contributed by atoms with Gasteiger partial charge in [-0.3, -0.25) is 4.79 Å². The van der Waals surface area contributed by atoms with Gasteiger partial charge in [0.1, 0.15) is 11.5 Å². The number of methoxy groups -OCH3 is 1. The van der Waals surface area contributed by atoms with Crippen molar-refractivity contribution in [2.75, 3.05) is 7.11 Å². The molecular formula is C18H16N2O3. The number of aryl methyl sites for hydroxylation is 1. The van der Waals surface area contributed by atoms with Gasteiger partial charge in [-0.05, 0) is 29.8 Å². The SMILES string of the molecule is COC1(c2cc(C#N)cc3c2ccn3C)C=CC=CC1C(=O)O. The molecule has 23 heavy (non-hydrogen) atoms. The minimum absolute atomic E-state index is 0.470. The maximum atomic E-state index is 11.8.